The smallest absolute Gasteiger partial charge is 0.216 e. The highest BCUT2D eigenvalue weighted by atomic mass is 32.1. The van der Waals surface area contributed by atoms with E-state index in [4.69, 9.17) is 0 Å². The normalized spacial score (nSPS) is 15.8. The first-order chi connectivity index (χ1) is 22.1. The van der Waals surface area contributed by atoms with E-state index in [0.717, 1.165) is 32.2 Å². The van der Waals surface area contributed by atoms with Gasteiger partial charge < -0.3 is 4.90 Å². The molecule has 0 saturated heterocycles. The number of anilines is 3. The average Bonchev–Trinajstić information content (AvgIpc) is 3.57. The molecule has 0 radical (unpaired) electrons. The minimum atomic E-state index is -0.351. The predicted octanol–water partition coefficient (Wildman–Crippen LogP) is 10.5. The van der Waals surface area contributed by atoms with Gasteiger partial charge in [0.25, 0.3) is 0 Å². The van der Waals surface area contributed by atoms with E-state index in [1.165, 1.54) is 38.8 Å². The average molecular weight is 617 g/mol. The maximum absolute atomic E-state index is 13.3. The molecule has 3 heterocycles. The number of hydrogen-bond acceptors (Lipinski definition) is 5. The second-order valence-electron chi connectivity index (χ2n) is 12.9. The van der Waals surface area contributed by atoms with Gasteiger partial charge in [0.15, 0.2) is 5.78 Å². The summed E-state index contributed by atoms with van der Waals surface area (Å²) in [6.07, 6.45) is 3.33. The molecular formula is C41H32N2O2S. The first-order valence-electron chi connectivity index (χ1n) is 15.5. The van der Waals surface area contributed by atoms with Crippen LogP contribution in [-0.4, -0.2) is 16.6 Å². The molecule has 0 N–H and O–H groups in total. The van der Waals surface area contributed by atoms with Crippen molar-refractivity contribution in [1.29, 1.82) is 0 Å². The lowest BCUT2D eigenvalue weighted by Crippen LogP contribution is -2.29. The number of hydrogen-bond donors (Lipinski definition) is 0. The summed E-state index contributed by atoms with van der Waals surface area (Å²) < 4.78 is 0. The molecule has 0 saturated carbocycles. The summed E-state index contributed by atoms with van der Waals surface area (Å²) in [5.41, 5.74) is 11.3. The summed E-state index contributed by atoms with van der Waals surface area (Å²) in [6, 6.07) is 31.9. The van der Waals surface area contributed by atoms with E-state index in [9.17, 15) is 9.59 Å². The van der Waals surface area contributed by atoms with E-state index in [0.29, 0.717) is 5.56 Å². The number of Topliss-reactive ketones (excluding diaryl/α,β-unsaturated/α-hetero) is 2. The Bertz CT molecular complexity index is 2260. The molecule has 224 valence electrons. The summed E-state index contributed by atoms with van der Waals surface area (Å²) in [6.45, 7) is 11.1. The summed E-state index contributed by atoms with van der Waals surface area (Å²) >= 11 is 1.61. The van der Waals surface area contributed by atoms with Gasteiger partial charge in [-0.1, -0.05) is 74.0 Å². The second-order valence-corrected chi connectivity index (χ2v) is 14.0. The molecule has 0 spiro atoms. The third-order valence-electron chi connectivity index (χ3n) is 9.54. The van der Waals surface area contributed by atoms with Gasteiger partial charge >= 0.3 is 0 Å². The lowest BCUT2D eigenvalue weighted by molar-refractivity contribution is 0.0989. The Balaban J connectivity index is 1.36. The van der Waals surface area contributed by atoms with Gasteiger partial charge in [0, 0.05) is 21.9 Å². The van der Waals surface area contributed by atoms with Crippen molar-refractivity contribution >= 4 is 56.1 Å². The zero-order valence-electron chi connectivity index (χ0n) is 26.4. The molecule has 46 heavy (non-hydrogen) atoms. The van der Waals surface area contributed by atoms with Crippen LogP contribution in [0.2, 0.25) is 0 Å². The molecule has 0 fully saturated rings. The quantitative estimate of drug-likeness (QED) is 0.147. The molecule has 0 unspecified atom stereocenters. The van der Waals surface area contributed by atoms with Crippen LogP contribution in [0.3, 0.4) is 0 Å². The van der Waals surface area contributed by atoms with Crippen molar-refractivity contribution in [3.05, 3.63) is 147 Å². The Kier molecular flexibility index (Phi) is 6.28. The van der Waals surface area contributed by atoms with Crippen molar-refractivity contribution in [1.82, 2.24) is 4.98 Å². The van der Waals surface area contributed by atoms with Crippen LogP contribution in [0.5, 0.6) is 0 Å². The van der Waals surface area contributed by atoms with E-state index in [1.54, 1.807) is 35.7 Å². The van der Waals surface area contributed by atoms with Crippen LogP contribution < -0.4 is 4.90 Å². The van der Waals surface area contributed by atoms with Crippen LogP contribution in [0, 0.1) is 20.8 Å². The molecule has 0 amide bonds. The molecule has 0 bridgehead atoms. The number of thiophene rings is 1. The number of aromatic nitrogens is 1. The van der Waals surface area contributed by atoms with Crippen molar-refractivity contribution in [3.8, 4) is 11.1 Å². The number of rotatable bonds is 3. The number of carbonyl (C=O) groups excluding carboxylic acids is 2. The number of carbonyl (C=O) groups is 2. The zero-order chi connectivity index (χ0) is 31.9. The van der Waals surface area contributed by atoms with Gasteiger partial charge in [-0.3, -0.25) is 14.6 Å². The fourth-order valence-electron chi connectivity index (χ4n) is 7.42. The zero-order valence-corrected chi connectivity index (χ0v) is 27.3. The Hall–Kier alpha value is -5.13. The van der Waals surface area contributed by atoms with Gasteiger partial charge in [-0.25, -0.2) is 0 Å². The number of pyridine rings is 1. The fraction of sp³-hybridized carbons (Fsp3) is 0.146. The largest absolute Gasteiger partial charge is 0.301 e. The molecule has 8 rings (SSSR count). The number of aryl methyl sites for hydroxylation is 3. The van der Waals surface area contributed by atoms with Crippen LogP contribution in [-0.2, 0) is 5.41 Å². The predicted molar refractivity (Wildman–Crippen MR) is 189 cm³/mol. The second kappa shape index (κ2) is 10.2. The van der Waals surface area contributed by atoms with Crippen LogP contribution in [0.15, 0.2) is 103 Å². The Morgan fingerprint density at radius 3 is 2.30 bits per heavy atom. The van der Waals surface area contributed by atoms with Crippen LogP contribution in [0.4, 0.5) is 16.4 Å². The molecule has 0 atom stereocenters. The van der Waals surface area contributed by atoms with Crippen molar-refractivity contribution < 1.29 is 9.59 Å². The highest BCUT2D eigenvalue weighted by Gasteiger charge is 2.40. The Morgan fingerprint density at radius 2 is 1.52 bits per heavy atom. The minimum Gasteiger partial charge on any atom is -0.301 e. The maximum Gasteiger partial charge on any atom is 0.216 e. The standard InChI is InChI=1S/C41H32N2O2S/c1-23-18-24(2)36(25(3)19-23)27-15-16-35-32(20-27)41(4,5)33-22-28(21-31-38(44)30-13-9-17-42-37(30)39(31)45)46-40(33)43(35)34-14-8-11-26-10-6-7-12-29(26)34/h6-22H,1-5H3/b31-21+. The summed E-state index contributed by atoms with van der Waals surface area (Å²) in [5, 5.41) is 3.42. The molecule has 2 aliphatic rings. The van der Waals surface area contributed by atoms with Crippen LogP contribution >= 0.6 is 11.3 Å². The lowest BCUT2D eigenvalue weighted by atomic mass is 9.74. The molecule has 4 nitrogen and oxygen atoms in total. The van der Waals surface area contributed by atoms with E-state index >= 15 is 0 Å². The van der Waals surface area contributed by atoms with Crippen molar-refractivity contribution in [2.24, 2.45) is 0 Å². The first-order valence-corrected chi connectivity index (χ1v) is 16.4. The highest BCUT2D eigenvalue weighted by molar-refractivity contribution is 7.17. The molecule has 1 aliphatic heterocycles. The van der Waals surface area contributed by atoms with Gasteiger partial charge in [0.1, 0.15) is 10.7 Å². The van der Waals surface area contributed by atoms with Gasteiger partial charge in [0.2, 0.25) is 5.78 Å². The van der Waals surface area contributed by atoms with Crippen LogP contribution in [0.1, 0.15) is 67.4 Å². The SMILES string of the molecule is Cc1cc(C)c(-c2ccc3c(c2)C(C)(C)c2cc(/C=C4\C(=O)c5cccnc5C4=O)sc2N3c2cccc3ccccc23)c(C)c1. The fourth-order valence-corrected chi connectivity index (χ4v) is 8.71. The first kappa shape index (κ1) is 28.4. The minimum absolute atomic E-state index is 0.173. The topological polar surface area (TPSA) is 50.3 Å². The van der Waals surface area contributed by atoms with Gasteiger partial charge in [-0.2, -0.15) is 0 Å². The molecule has 5 heteroatoms. The summed E-state index contributed by atoms with van der Waals surface area (Å²) in [4.78, 5) is 34.0. The number of ketones is 2. The van der Waals surface area contributed by atoms with Crippen molar-refractivity contribution in [2.75, 3.05) is 4.90 Å². The number of nitrogens with zero attached hydrogens (tertiary/aromatic N) is 2. The molecule has 4 aromatic carbocycles. The van der Waals surface area contributed by atoms with Crippen LogP contribution in [0.25, 0.3) is 28.0 Å². The van der Waals surface area contributed by atoms with E-state index < -0.39 is 0 Å². The van der Waals surface area contributed by atoms with E-state index in [-0.39, 0.29) is 28.2 Å². The monoisotopic (exact) mass is 616 g/mol. The summed E-state index contributed by atoms with van der Waals surface area (Å²) in [7, 11) is 0. The molecular weight excluding hydrogens is 585 g/mol. The molecule has 1 aliphatic carbocycles. The van der Waals surface area contributed by atoms with Crippen molar-refractivity contribution in [3.63, 3.8) is 0 Å². The molecule has 2 aromatic heterocycles. The van der Waals surface area contributed by atoms with E-state index in [2.05, 4.69) is 123 Å². The van der Waals surface area contributed by atoms with E-state index in [1.807, 2.05) is 0 Å². The number of benzene rings is 4. The number of fused-ring (bicyclic) bond motifs is 4. The Morgan fingerprint density at radius 1 is 0.761 bits per heavy atom. The Labute approximate surface area is 272 Å². The molecule has 6 aromatic rings. The van der Waals surface area contributed by atoms with Gasteiger partial charge in [-0.15, -0.1) is 11.3 Å². The lowest BCUT2D eigenvalue weighted by Gasteiger charge is -2.40. The third-order valence-corrected chi connectivity index (χ3v) is 10.6. The van der Waals surface area contributed by atoms with Gasteiger partial charge in [0.05, 0.1) is 22.5 Å². The maximum atomic E-state index is 13.3. The summed E-state index contributed by atoms with van der Waals surface area (Å²) in [5.74, 6) is -0.574. The highest BCUT2D eigenvalue weighted by Crippen LogP contribution is 2.57. The number of allylic oxidation sites excluding steroid dienone is 1. The third kappa shape index (κ3) is 4.15. The van der Waals surface area contributed by atoms with Crippen molar-refractivity contribution in [2.45, 2.75) is 40.0 Å². The van der Waals surface area contributed by atoms with Gasteiger partial charge in [-0.05, 0) is 102 Å².